The summed E-state index contributed by atoms with van der Waals surface area (Å²) in [5.74, 6) is -0.190. The zero-order valence-corrected chi connectivity index (χ0v) is 12.2. The van der Waals surface area contributed by atoms with Crippen molar-refractivity contribution in [3.8, 4) is 5.75 Å². The van der Waals surface area contributed by atoms with Crippen molar-refractivity contribution in [2.45, 2.75) is 38.5 Å². The van der Waals surface area contributed by atoms with Gasteiger partial charge in [-0.15, -0.1) is 0 Å². The van der Waals surface area contributed by atoms with Gasteiger partial charge < -0.3 is 15.3 Å². The number of aliphatic carboxylic acids is 1. The van der Waals surface area contributed by atoms with E-state index in [1.807, 2.05) is 12.1 Å². The molecular formula is C17H22O4. The Balaban J connectivity index is 1.98. The number of rotatable bonds is 2. The van der Waals surface area contributed by atoms with Crippen LogP contribution in [-0.4, -0.2) is 27.9 Å². The number of carboxylic acid groups (broad SMARTS) is 1. The summed E-state index contributed by atoms with van der Waals surface area (Å²) >= 11 is 0. The summed E-state index contributed by atoms with van der Waals surface area (Å²) in [6.45, 7) is 1.70. The van der Waals surface area contributed by atoms with Crippen molar-refractivity contribution in [1.82, 2.24) is 0 Å². The zero-order chi connectivity index (χ0) is 15.2. The highest BCUT2D eigenvalue weighted by atomic mass is 16.4. The van der Waals surface area contributed by atoms with Crippen LogP contribution in [0.15, 0.2) is 18.2 Å². The molecule has 3 N–H and O–H groups in total. The van der Waals surface area contributed by atoms with Gasteiger partial charge in [0.15, 0.2) is 0 Å². The molecule has 4 nitrogen and oxygen atoms in total. The Bertz CT molecular complexity index is 568. The van der Waals surface area contributed by atoms with Gasteiger partial charge in [0.2, 0.25) is 0 Å². The maximum Gasteiger partial charge on any atom is 0.309 e. The second-order valence-electron chi connectivity index (χ2n) is 6.74. The molecule has 114 valence electrons. The molecule has 3 rings (SSSR count). The molecule has 1 aromatic rings. The van der Waals surface area contributed by atoms with Gasteiger partial charge in [0.25, 0.3) is 0 Å². The fourth-order valence-electron chi connectivity index (χ4n) is 4.49. The van der Waals surface area contributed by atoms with Crippen LogP contribution in [0.25, 0.3) is 0 Å². The largest absolute Gasteiger partial charge is 0.508 e. The van der Waals surface area contributed by atoms with Gasteiger partial charge in [0, 0.05) is 12.5 Å². The predicted molar refractivity (Wildman–Crippen MR) is 78.2 cm³/mol. The number of aliphatic hydroxyl groups is 1. The van der Waals surface area contributed by atoms with Crippen molar-refractivity contribution in [2.75, 3.05) is 6.61 Å². The second-order valence-corrected chi connectivity index (χ2v) is 6.74. The summed E-state index contributed by atoms with van der Waals surface area (Å²) < 4.78 is 0. The Kier molecular flexibility index (Phi) is 3.44. The van der Waals surface area contributed by atoms with Gasteiger partial charge >= 0.3 is 5.97 Å². The molecule has 2 aliphatic rings. The molecule has 1 aromatic carbocycles. The van der Waals surface area contributed by atoms with E-state index in [0.717, 1.165) is 19.3 Å². The van der Waals surface area contributed by atoms with Crippen LogP contribution in [0.3, 0.4) is 0 Å². The van der Waals surface area contributed by atoms with Crippen molar-refractivity contribution in [3.05, 3.63) is 29.3 Å². The van der Waals surface area contributed by atoms with Crippen LogP contribution < -0.4 is 0 Å². The first-order chi connectivity index (χ1) is 9.97. The molecule has 0 saturated heterocycles. The number of fused-ring (bicyclic) bond motifs is 3. The summed E-state index contributed by atoms with van der Waals surface area (Å²) in [4.78, 5) is 11.7. The summed E-state index contributed by atoms with van der Waals surface area (Å²) in [6.07, 6.45) is 3.16. The molecule has 1 saturated carbocycles. The lowest BCUT2D eigenvalue weighted by Crippen LogP contribution is -2.48. The van der Waals surface area contributed by atoms with Gasteiger partial charge in [-0.25, -0.2) is 0 Å². The standard InChI is InChI=1S/C17H22O4/c1-17(16(20)21)7-6-13-12-5-3-11(19)8-10(12)2-4-14(13)15(17)9-18/h3,5,8,13-15,18-19H,2,4,6-7,9H2,1H3,(H,20,21). The van der Waals surface area contributed by atoms with Crippen LogP contribution in [0.4, 0.5) is 0 Å². The van der Waals surface area contributed by atoms with Gasteiger partial charge in [-0.1, -0.05) is 6.07 Å². The van der Waals surface area contributed by atoms with E-state index in [4.69, 9.17) is 0 Å². The third-order valence-corrected chi connectivity index (χ3v) is 5.79. The Hall–Kier alpha value is -1.55. The van der Waals surface area contributed by atoms with E-state index in [-0.39, 0.29) is 24.2 Å². The van der Waals surface area contributed by atoms with Crippen molar-refractivity contribution < 1.29 is 20.1 Å². The number of carboxylic acids is 1. The average Bonchev–Trinajstić information content (AvgIpc) is 2.46. The number of carbonyl (C=O) groups is 1. The molecule has 1 fully saturated rings. The summed E-state index contributed by atoms with van der Waals surface area (Å²) in [6, 6.07) is 5.50. The third kappa shape index (κ3) is 2.13. The molecule has 4 heteroatoms. The number of hydrogen-bond acceptors (Lipinski definition) is 3. The molecule has 4 atom stereocenters. The second kappa shape index (κ2) is 5.02. The van der Waals surface area contributed by atoms with Crippen LogP contribution in [0.1, 0.15) is 43.2 Å². The van der Waals surface area contributed by atoms with Gasteiger partial charge in [-0.2, -0.15) is 0 Å². The monoisotopic (exact) mass is 290 g/mol. The van der Waals surface area contributed by atoms with Crippen LogP contribution in [0, 0.1) is 17.3 Å². The molecule has 0 bridgehead atoms. The topological polar surface area (TPSA) is 77.8 Å². The fraction of sp³-hybridized carbons (Fsp3) is 0.588. The number of phenols is 1. The predicted octanol–water partition coefficient (Wildman–Crippen LogP) is 2.53. The number of hydrogen-bond donors (Lipinski definition) is 3. The molecule has 0 heterocycles. The number of benzene rings is 1. The summed E-state index contributed by atoms with van der Waals surface area (Å²) in [5, 5.41) is 29.0. The van der Waals surface area contributed by atoms with Crippen molar-refractivity contribution in [3.63, 3.8) is 0 Å². The van der Waals surface area contributed by atoms with E-state index in [9.17, 15) is 20.1 Å². The molecule has 0 spiro atoms. The number of aryl methyl sites for hydroxylation is 1. The van der Waals surface area contributed by atoms with E-state index >= 15 is 0 Å². The maximum absolute atomic E-state index is 11.7. The smallest absolute Gasteiger partial charge is 0.309 e. The van der Waals surface area contributed by atoms with Crippen LogP contribution in [0.2, 0.25) is 0 Å². The molecule has 0 aromatic heterocycles. The minimum Gasteiger partial charge on any atom is -0.508 e. The molecule has 0 aliphatic heterocycles. The first-order valence-electron chi connectivity index (χ1n) is 7.63. The lowest BCUT2D eigenvalue weighted by Gasteiger charge is -2.49. The van der Waals surface area contributed by atoms with Crippen molar-refractivity contribution in [1.29, 1.82) is 0 Å². The minimum absolute atomic E-state index is 0.0720. The minimum atomic E-state index is -0.829. The van der Waals surface area contributed by atoms with Crippen LogP contribution in [0.5, 0.6) is 5.75 Å². The SMILES string of the molecule is CC1(C(=O)O)CCC2c3ccc(O)cc3CCC2C1CO. The van der Waals surface area contributed by atoms with Crippen molar-refractivity contribution >= 4 is 5.97 Å². The lowest BCUT2D eigenvalue weighted by atomic mass is 9.55. The Labute approximate surface area is 124 Å². The van der Waals surface area contributed by atoms with E-state index in [0.29, 0.717) is 12.3 Å². The molecule has 0 radical (unpaired) electrons. The van der Waals surface area contributed by atoms with Gasteiger partial charge in [-0.3, -0.25) is 4.79 Å². The summed E-state index contributed by atoms with van der Waals surface area (Å²) in [5.41, 5.74) is 1.58. The average molecular weight is 290 g/mol. The highest BCUT2D eigenvalue weighted by molar-refractivity contribution is 5.75. The Morgan fingerprint density at radius 2 is 2.14 bits per heavy atom. The van der Waals surface area contributed by atoms with E-state index in [1.165, 1.54) is 11.1 Å². The molecule has 4 unspecified atom stereocenters. The number of aliphatic hydroxyl groups excluding tert-OH is 1. The number of aromatic hydroxyl groups is 1. The Morgan fingerprint density at radius 1 is 1.38 bits per heavy atom. The van der Waals surface area contributed by atoms with Crippen LogP contribution in [-0.2, 0) is 11.2 Å². The zero-order valence-electron chi connectivity index (χ0n) is 12.2. The molecule has 0 amide bonds. The quantitative estimate of drug-likeness (QED) is 0.782. The van der Waals surface area contributed by atoms with E-state index in [2.05, 4.69) is 0 Å². The van der Waals surface area contributed by atoms with E-state index < -0.39 is 11.4 Å². The van der Waals surface area contributed by atoms with Crippen LogP contribution >= 0.6 is 0 Å². The highest BCUT2D eigenvalue weighted by Gasteiger charge is 2.51. The first-order valence-corrected chi connectivity index (χ1v) is 7.63. The Morgan fingerprint density at radius 3 is 2.81 bits per heavy atom. The number of phenolic OH excluding ortho intramolecular Hbond substituents is 1. The van der Waals surface area contributed by atoms with E-state index in [1.54, 1.807) is 13.0 Å². The first kappa shape index (κ1) is 14.4. The molecule has 2 aliphatic carbocycles. The normalized spacial score (nSPS) is 34.9. The third-order valence-electron chi connectivity index (χ3n) is 5.79. The van der Waals surface area contributed by atoms with Gasteiger partial charge in [-0.05, 0) is 67.7 Å². The fourth-order valence-corrected chi connectivity index (χ4v) is 4.49. The molecule has 21 heavy (non-hydrogen) atoms. The highest BCUT2D eigenvalue weighted by Crippen LogP contribution is 2.54. The van der Waals surface area contributed by atoms with Crippen molar-refractivity contribution in [2.24, 2.45) is 17.3 Å². The lowest BCUT2D eigenvalue weighted by molar-refractivity contribution is -0.158. The van der Waals surface area contributed by atoms with Gasteiger partial charge in [0.1, 0.15) is 5.75 Å². The maximum atomic E-state index is 11.7. The van der Waals surface area contributed by atoms with Gasteiger partial charge in [0.05, 0.1) is 5.41 Å². The summed E-state index contributed by atoms with van der Waals surface area (Å²) in [7, 11) is 0. The molecular weight excluding hydrogens is 268 g/mol.